The van der Waals surface area contributed by atoms with Crippen LogP contribution >= 0.6 is 46.4 Å². The second-order valence-corrected chi connectivity index (χ2v) is 8.90. The van der Waals surface area contributed by atoms with Crippen molar-refractivity contribution in [2.75, 3.05) is 0 Å². The number of hydrogen-bond donors (Lipinski definition) is 0. The van der Waals surface area contributed by atoms with Crippen LogP contribution in [-0.2, 0) is 0 Å². The molecule has 0 aromatic heterocycles. The van der Waals surface area contributed by atoms with Gasteiger partial charge >= 0.3 is 0 Å². The van der Waals surface area contributed by atoms with E-state index in [1.807, 2.05) is 24.3 Å². The SMILES string of the molecule is ClC(Cl)[Si]c1ccccc1[Si]C(Cl)Cl. The standard InChI is InChI=1S/C8H6Cl4Si2/c9-7(10)13-5-3-1-2-4-6(5)14-8(11)12/h1-4,7-8H. The highest BCUT2D eigenvalue weighted by molar-refractivity contribution is 6.83. The fourth-order valence-corrected chi connectivity index (χ4v) is 4.15. The van der Waals surface area contributed by atoms with Crippen LogP contribution in [0, 0.1) is 0 Å². The highest BCUT2D eigenvalue weighted by Crippen LogP contribution is 2.00. The van der Waals surface area contributed by atoms with Crippen LogP contribution in [0.25, 0.3) is 0 Å². The third kappa shape index (κ3) is 4.56. The van der Waals surface area contributed by atoms with E-state index in [9.17, 15) is 0 Å². The smallest absolute Gasteiger partial charge is 0.110 e. The first-order valence-corrected chi connectivity index (χ1v) is 7.68. The molecule has 0 aliphatic rings. The summed E-state index contributed by atoms with van der Waals surface area (Å²) in [4.78, 5) is 0. The molecule has 6 heteroatoms. The highest BCUT2D eigenvalue weighted by atomic mass is 35.5. The van der Waals surface area contributed by atoms with Crippen molar-refractivity contribution in [1.29, 1.82) is 0 Å². The summed E-state index contributed by atoms with van der Waals surface area (Å²) in [6.45, 7) is 0. The van der Waals surface area contributed by atoms with E-state index in [1.165, 1.54) is 0 Å². The van der Waals surface area contributed by atoms with E-state index < -0.39 is 0 Å². The molecule has 0 fully saturated rings. The summed E-state index contributed by atoms with van der Waals surface area (Å²) >= 11 is 22.9. The zero-order chi connectivity index (χ0) is 10.6. The fourth-order valence-electron chi connectivity index (χ4n) is 0.970. The summed E-state index contributed by atoms with van der Waals surface area (Å²) in [7, 11) is 0.760. The quantitative estimate of drug-likeness (QED) is 0.588. The molecule has 0 heterocycles. The number of halogens is 4. The van der Waals surface area contributed by atoms with Gasteiger partial charge in [-0.15, -0.1) is 46.4 Å². The minimum atomic E-state index is -0.356. The van der Waals surface area contributed by atoms with Gasteiger partial charge in [0.25, 0.3) is 0 Å². The molecule has 0 nitrogen and oxygen atoms in total. The molecule has 1 aromatic carbocycles. The van der Waals surface area contributed by atoms with Gasteiger partial charge in [-0.3, -0.25) is 0 Å². The molecule has 0 N–H and O–H groups in total. The third-order valence-electron chi connectivity index (χ3n) is 1.46. The monoisotopic (exact) mass is 298 g/mol. The molecule has 0 saturated heterocycles. The number of benzene rings is 1. The van der Waals surface area contributed by atoms with Crippen molar-refractivity contribution in [1.82, 2.24) is 0 Å². The van der Waals surface area contributed by atoms with Crippen molar-refractivity contribution in [3.8, 4) is 0 Å². The molecular formula is C8H6Cl4Si2. The Morgan fingerprint density at radius 3 is 1.43 bits per heavy atom. The molecule has 0 unspecified atom stereocenters. The fraction of sp³-hybridized carbons (Fsp3) is 0.250. The second-order valence-electron chi connectivity index (χ2n) is 2.44. The topological polar surface area (TPSA) is 0 Å². The largest absolute Gasteiger partial charge is 0.124 e. The van der Waals surface area contributed by atoms with Gasteiger partial charge in [0.15, 0.2) is 0 Å². The van der Waals surface area contributed by atoms with Gasteiger partial charge in [0.05, 0.1) is 8.92 Å². The Balaban J connectivity index is 2.80. The Labute approximate surface area is 109 Å². The van der Waals surface area contributed by atoms with E-state index >= 15 is 0 Å². The van der Waals surface area contributed by atoms with Crippen LogP contribution in [0.2, 0.25) is 0 Å². The van der Waals surface area contributed by atoms with Gasteiger partial charge in [-0.1, -0.05) is 34.6 Å². The van der Waals surface area contributed by atoms with Crippen LogP contribution in [0.5, 0.6) is 0 Å². The first-order chi connectivity index (χ1) is 6.59. The van der Waals surface area contributed by atoms with Crippen LogP contribution in [0.3, 0.4) is 0 Å². The lowest BCUT2D eigenvalue weighted by Crippen LogP contribution is -2.40. The summed E-state index contributed by atoms with van der Waals surface area (Å²) in [5.41, 5.74) is 0. The van der Waals surface area contributed by atoms with Crippen LogP contribution in [0.15, 0.2) is 24.3 Å². The predicted octanol–water partition coefficient (Wildman–Crippen LogP) is 1.87. The number of hydrogen-bond acceptors (Lipinski definition) is 0. The van der Waals surface area contributed by atoms with Crippen molar-refractivity contribution in [2.24, 2.45) is 0 Å². The summed E-state index contributed by atoms with van der Waals surface area (Å²) < 4.78 is -0.713. The Kier molecular flexibility index (Phi) is 5.90. The lowest BCUT2D eigenvalue weighted by atomic mass is 10.4. The van der Waals surface area contributed by atoms with Gasteiger partial charge in [-0.05, 0) is 0 Å². The van der Waals surface area contributed by atoms with E-state index in [1.54, 1.807) is 0 Å². The van der Waals surface area contributed by atoms with Gasteiger partial charge < -0.3 is 0 Å². The normalized spacial score (nSPS) is 11.3. The van der Waals surface area contributed by atoms with Crippen molar-refractivity contribution < 1.29 is 0 Å². The van der Waals surface area contributed by atoms with E-state index in [0.717, 1.165) is 10.4 Å². The molecule has 0 amide bonds. The molecular weight excluding hydrogens is 294 g/mol. The van der Waals surface area contributed by atoms with Crippen molar-refractivity contribution in [3.05, 3.63) is 24.3 Å². The predicted molar refractivity (Wildman–Crippen MR) is 68.2 cm³/mol. The van der Waals surface area contributed by atoms with E-state index in [0.29, 0.717) is 19.0 Å². The van der Waals surface area contributed by atoms with Crippen LogP contribution in [0.4, 0.5) is 0 Å². The number of alkyl halides is 4. The molecule has 0 aliphatic heterocycles. The molecule has 14 heavy (non-hydrogen) atoms. The summed E-state index contributed by atoms with van der Waals surface area (Å²) in [6, 6.07) is 7.94. The summed E-state index contributed by atoms with van der Waals surface area (Å²) in [5.74, 6) is 0. The van der Waals surface area contributed by atoms with E-state index in [2.05, 4.69) is 0 Å². The summed E-state index contributed by atoms with van der Waals surface area (Å²) in [6.07, 6.45) is 0. The molecule has 1 rings (SSSR count). The Morgan fingerprint density at radius 2 is 1.14 bits per heavy atom. The van der Waals surface area contributed by atoms with E-state index in [4.69, 9.17) is 46.4 Å². The maximum Gasteiger partial charge on any atom is 0.124 e. The second kappa shape index (κ2) is 6.41. The molecule has 1 aromatic rings. The lowest BCUT2D eigenvalue weighted by molar-refractivity contribution is 1.77. The minimum absolute atomic E-state index is 0.356. The Hall–Kier alpha value is 0.814. The summed E-state index contributed by atoms with van der Waals surface area (Å²) in [5, 5.41) is 2.29. The first kappa shape index (κ1) is 12.9. The molecule has 74 valence electrons. The third-order valence-corrected chi connectivity index (χ3v) is 4.95. The Morgan fingerprint density at radius 1 is 0.786 bits per heavy atom. The van der Waals surface area contributed by atoms with Gasteiger partial charge in [0.2, 0.25) is 0 Å². The molecule has 0 spiro atoms. The first-order valence-electron chi connectivity index (χ1n) is 3.78. The van der Waals surface area contributed by atoms with Gasteiger partial charge in [-0.25, -0.2) is 0 Å². The molecule has 0 saturated carbocycles. The van der Waals surface area contributed by atoms with Gasteiger partial charge in [0, 0.05) is 0 Å². The maximum atomic E-state index is 5.74. The molecule has 0 bridgehead atoms. The van der Waals surface area contributed by atoms with Gasteiger partial charge in [0.1, 0.15) is 19.0 Å². The Bertz CT molecular complexity index is 261. The maximum absolute atomic E-state index is 5.74. The minimum Gasteiger partial charge on any atom is -0.110 e. The average molecular weight is 300 g/mol. The molecule has 4 radical (unpaired) electrons. The molecule has 0 aliphatic carbocycles. The van der Waals surface area contributed by atoms with Crippen molar-refractivity contribution in [2.45, 2.75) is 8.92 Å². The van der Waals surface area contributed by atoms with Crippen LogP contribution < -0.4 is 10.4 Å². The van der Waals surface area contributed by atoms with E-state index in [-0.39, 0.29) is 8.92 Å². The van der Waals surface area contributed by atoms with Crippen molar-refractivity contribution >= 4 is 75.8 Å². The number of rotatable bonds is 4. The zero-order valence-electron chi connectivity index (χ0n) is 6.98. The van der Waals surface area contributed by atoms with Gasteiger partial charge in [-0.2, -0.15) is 0 Å². The molecule has 0 atom stereocenters. The lowest BCUT2D eigenvalue weighted by Gasteiger charge is -2.08. The van der Waals surface area contributed by atoms with Crippen LogP contribution in [0.1, 0.15) is 0 Å². The zero-order valence-corrected chi connectivity index (χ0v) is 12.0. The van der Waals surface area contributed by atoms with Crippen LogP contribution in [-0.4, -0.2) is 28.0 Å². The highest BCUT2D eigenvalue weighted by Gasteiger charge is 2.11. The van der Waals surface area contributed by atoms with Crippen molar-refractivity contribution in [3.63, 3.8) is 0 Å². The average Bonchev–Trinajstić information content (AvgIpc) is 2.06.